The van der Waals surface area contributed by atoms with E-state index >= 15 is 0 Å². The van der Waals surface area contributed by atoms with Crippen molar-refractivity contribution in [2.24, 2.45) is 5.92 Å². The molecule has 0 aliphatic carbocycles. The molecular weight excluding hydrogens is 344 g/mol. The van der Waals surface area contributed by atoms with Gasteiger partial charge in [-0.3, -0.25) is 4.79 Å². The normalized spacial score (nSPS) is 15.1. The number of aliphatic hydroxyl groups is 1. The summed E-state index contributed by atoms with van der Waals surface area (Å²) in [6, 6.07) is 8.04. The van der Waals surface area contributed by atoms with Gasteiger partial charge in [0, 0.05) is 6.04 Å². The van der Waals surface area contributed by atoms with Gasteiger partial charge in [-0.15, -0.1) is 0 Å². The van der Waals surface area contributed by atoms with Gasteiger partial charge in [0.1, 0.15) is 6.04 Å². The van der Waals surface area contributed by atoms with Gasteiger partial charge in [-0.2, -0.15) is 0 Å². The Morgan fingerprint density at radius 2 is 1.70 bits per heavy atom. The molecule has 6 heteroatoms. The Morgan fingerprint density at radius 1 is 1.11 bits per heavy atom. The van der Waals surface area contributed by atoms with E-state index in [-0.39, 0.29) is 17.9 Å². The predicted octanol–water partition coefficient (Wildman–Crippen LogP) is 2.05. The van der Waals surface area contributed by atoms with Gasteiger partial charge in [0.2, 0.25) is 5.91 Å². The number of carbonyl (C=O) groups is 2. The lowest BCUT2D eigenvalue weighted by molar-refractivity contribution is -0.145. The van der Waals surface area contributed by atoms with Crippen molar-refractivity contribution in [3.63, 3.8) is 0 Å². The highest BCUT2D eigenvalue weighted by Gasteiger charge is 2.31. The summed E-state index contributed by atoms with van der Waals surface area (Å²) in [7, 11) is 1.32. The molecule has 6 nitrogen and oxygen atoms in total. The summed E-state index contributed by atoms with van der Waals surface area (Å²) >= 11 is 0. The first-order valence-corrected chi connectivity index (χ1v) is 9.45. The number of esters is 1. The minimum absolute atomic E-state index is 0.227. The van der Waals surface area contributed by atoms with Crippen LogP contribution in [0, 0.1) is 5.92 Å². The summed E-state index contributed by atoms with van der Waals surface area (Å²) in [4.78, 5) is 25.0. The van der Waals surface area contributed by atoms with Gasteiger partial charge in [-0.05, 0) is 45.1 Å². The van der Waals surface area contributed by atoms with Crippen molar-refractivity contribution in [2.75, 3.05) is 7.11 Å². The van der Waals surface area contributed by atoms with E-state index in [1.807, 2.05) is 51.1 Å². The van der Waals surface area contributed by atoms with Crippen molar-refractivity contribution in [3.05, 3.63) is 35.9 Å². The van der Waals surface area contributed by atoms with Crippen LogP contribution in [-0.4, -0.2) is 47.8 Å². The zero-order chi connectivity index (χ0) is 20.6. The first-order chi connectivity index (χ1) is 12.5. The number of rotatable bonds is 10. The molecule has 1 rings (SSSR count). The molecule has 0 saturated heterocycles. The molecule has 1 unspecified atom stereocenters. The third-order valence-corrected chi connectivity index (χ3v) is 4.62. The minimum Gasteiger partial charge on any atom is -0.467 e. The lowest BCUT2D eigenvalue weighted by Crippen LogP contribution is -2.57. The fourth-order valence-corrected chi connectivity index (χ4v) is 2.68. The van der Waals surface area contributed by atoms with E-state index in [0.29, 0.717) is 12.8 Å². The fourth-order valence-electron chi connectivity index (χ4n) is 2.68. The number of methoxy groups -OCH3 is 1. The molecule has 3 N–H and O–H groups in total. The Kier molecular flexibility index (Phi) is 8.93. The average molecular weight is 379 g/mol. The third kappa shape index (κ3) is 8.10. The molecule has 1 amide bonds. The summed E-state index contributed by atoms with van der Waals surface area (Å²) in [5, 5.41) is 16.3. The van der Waals surface area contributed by atoms with E-state index in [9.17, 15) is 14.7 Å². The van der Waals surface area contributed by atoms with Crippen molar-refractivity contribution in [1.82, 2.24) is 10.6 Å². The lowest BCUT2D eigenvalue weighted by atomic mass is 9.97. The van der Waals surface area contributed by atoms with Crippen LogP contribution in [0.25, 0.3) is 0 Å². The van der Waals surface area contributed by atoms with E-state index in [0.717, 1.165) is 5.56 Å². The van der Waals surface area contributed by atoms with Gasteiger partial charge in [0.05, 0.1) is 18.8 Å². The van der Waals surface area contributed by atoms with E-state index in [1.54, 1.807) is 13.8 Å². The van der Waals surface area contributed by atoms with Gasteiger partial charge < -0.3 is 20.5 Å². The minimum atomic E-state index is -0.991. The molecule has 1 aromatic carbocycles. The zero-order valence-electron chi connectivity index (χ0n) is 17.3. The van der Waals surface area contributed by atoms with Crippen LogP contribution < -0.4 is 10.6 Å². The van der Waals surface area contributed by atoms with Crippen LogP contribution >= 0.6 is 0 Å². The number of hydrogen-bond acceptors (Lipinski definition) is 5. The van der Waals surface area contributed by atoms with Crippen LogP contribution in [0.1, 0.15) is 46.6 Å². The molecule has 0 heterocycles. The molecule has 0 saturated carbocycles. The van der Waals surface area contributed by atoms with Gasteiger partial charge in [-0.1, -0.05) is 44.2 Å². The van der Waals surface area contributed by atoms with Crippen molar-refractivity contribution < 1.29 is 19.4 Å². The largest absolute Gasteiger partial charge is 0.467 e. The lowest BCUT2D eigenvalue weighted by Gasteiger charge is -2.31. The molecule has 0 aromatic heterocycles. The summed E-state index contributed by atoms with van der Waals surface area (Å²) in [5.74, 6) is -0.512. The van der Waals surface area contributed by atoms with Crippen LogP contribution in [0.15, 0.2) is 30.3 Å². The summed E-state index contributed by atoms with van der Waals surface area (Å²) in [5.41, 5.74) is 0.00103. The third-order valence-electron chi connectivity index (χ3n) is 4.62. The highest BCUT2D eigenvalue weighted by Crippen LogP contribution is 2.12. The predicted molar refractivity (Wildman–Crippen MR) is 106 cm³/mol. The van der Waals surface area contributed by atoms with Crippen LogP contribution in [-0.2, 0) is 20.7 Å². The molecule has 3 atom stereocenters. The van der Waals surface area contributed by atoms with Crippen LogP contribution in [0.3, 0.4) is 0 Å². The average Bonchev–Trinajstić information content (AvgIpc) is 2.59. The molecule has 0 bridgehead atoms. The summed E-state index contributed by atoms with van der Waals surface area (Å²) < 4.78 is 4.83. The number of nitrogens with one attached hydrogen (secondary N) is 2. The Morgan fingerprint density at radius 3 is 2.19 bits per heavy atom. The van der Waals surface area contributed by atoms with Gasteiger partial charge >= 0.3 is 5.97 Å². The smallest absolute Gasteiger partial charge is 0.328 e. The highest BCUT2D eigenvalue weighted by atomic mass is 16.5. The van der Waals surface area contributed by atoms with E-state index < -0.39 is 23.7 Å². The number of carbonyl (C=O) groups excluding carboxylic acids is 2. The molecule has 0 spiro atoms. The Labute approximate surface area is 162 Å². The van der Waals surface area contributed by atoms with Crippen LogP contribution in [0.5, 0.6) is 0 Å². The fraction of sp³-hybridized carbons (Fsp3) is 0.619. The maximum absolute atomic E-state index is 13.0. The second kappa shape index (κ2) is 10.4. The maximum atomic E-state index is 13.0. The first-order valence-electron chi connectivity index (χ1n) is 9.45. The quantitative estimate of drug-likeness (QED) is 0.543. The standard InChI is InChI=1S/C21H34N2O4/c1-14(2)12-18(20(25)27-6)23-19(24)17(22-15(3)21(4,5)26)13-16-10-8-7-9-11-16/h7-11,14-15,17-18,22,26H,12-13H2,1-6H3,(H,23,24)/t15?,17-,18-/m0/s1. The second-order valence-corrected chi connectivity index (χ2v) is 8.00. The van der Waals surface area contributed by atoms with Crippen LogP contribution in [0.4, 0.5) is 0 Å². The van der Waals surface area contributed by atoms with Crippen LogP contribution in [0.2, 0.25) is 0 Å². The van der Waals surface area contributed by atoms with E-state index in [4.69, 9.17) is 4.74 Å². The molecule has 0 fully saturated rings. The van der Waals surface area contributed by atoms with Gasteiger partial charge in [-0.25, -0.2) is 4.79 Å². The summed E-state index contributed by atoms with van der Waals surface area (Å²) in [6.45, 7) is 9.18. The van der Waals surface area contributed by atoms with Crippen molar-refractivity contribution in [2.45, 2.75) is 71.2 Å². The number of hydrogen-bond donors (Lipinski definition) is 3. The molecule has 0 aliphatic rings. The number of amides is 1. The molecule has 0 aliphatic heterocycles. The summed E-state index contributed by atoms with van der Waals surface area (Å²) in [6.07, 6.45) is 0.945. The first kappa shape index (κ1) is 23.1. The van der Waals surface area contributed by atoms with Crippen molar-refractivity contribution in [3.8, 4) is 0 Å². The maximum Gasteiger partial charge on any atom is 0.328 e. The monoisotopic (exact) mass is 378 g/mol. The Balaban J connectivity index is 2.97. The molecule has 1 aromatic rings. The van der Waals surface area contributed by atoms with Gasteiger partial charge in [0.25, 0.3) is 0 Å². The Bertz CT molecular complexity index is 596. The number of ether oxygens (including phenoxy) is 1. The van der Waals surface area contributed by atoms with Crippen molar-refractivity contribution in [1.29, 1.82) is 0 Å². The number of benzene rings is 1. The molecule has 152 valence electrons. The highest BCUT2D eigenvalue weighted by molar-refractivity contribution is 5.87. The molecular formula is C21H34N2O4. The Hall–Kier alpha value is -1.92. The zero-order valence-corrected chi connectivity index (χ0v) is 17.3. The molecule has 0 radical (unpaired) electrons. The van der Waals surface area contributed by atoms with E-state index in [2.05, 4.69) is 10.6 Å². The van der Waals surface area contributed by atoms with E-state index in [1.165, 1.54) is 7.11 Å². The second-order valence-electron chi connectivity index (χ2n) is 8.00. The van der Waals surface area contributed by atoms with Crippen molar-refractivity contribution >= 4 is 11.9 Å². The molecule has 27 heavy (non-hydrogen) atoms. The topological polar surface area (TPSA) is 87.7 Å². The SMILES string of the molecule is COC(=O)[C@H](CC(C)C)NC(=O)[C@H](Cc1ccccc1)NC(C)C(C)(C)O. The van der Waals surface area contributed by atoms with Gasteiger partial charge in [0.15, 0.2) is 0 Å².